The summed E-state index contributed by atoms with van der Waals surface area (Å²) in [7, 11) is 1.91. The Morgan fingerprint density at radius 2 is 2.25 bits per heavy atom. The summed E-state index contributed by atoms with van der Waals surface area (Å²) in [6.45, 7) is 3.81. The standard InChI is InChI=1S/C12H14N4/c1-8(7-13)16(3)10-4-5-11-12(6-10)15-9(2)14-11/h4-6,8H,1-3H3,(H,14,15). The first-order valence-corrected chi connectivity index (χ1v) is 5.20. The number of nitrogens with one attached hydrogen (secondary N) is 1. The average molecular weight is 214 g/mol. The normalized spacial score (nSPS) is 12.4. The van der Waals surface area contributed by atoms with Gasteiger partial charge in [0, 0.05) is 12.7 Å². The van der Waals surface area contributed by atoms with Crippen molar-refractivity contribution in [3.8, 4) is 6.07 Å². The van der Waals surface area contributed by atoms with Crippen LogP contribution >= 0.6 is 0 Å². The molecule has 1 atom stereocenters. The van der Waals surface area contributed by atoms with Crippen LogP contribution in [0.1, 0.15) is 12.7 Å². The summed E-state index contributed by atoms with van der Waals surface area (Å²) < 4.78 is 0. The molecule has 1 heterocycles. The summed E-state index contributed by atoms with van der Waals surface area (Å²) in [6, 6.07) is 8.05. The Hall–Kier alpha value is -2.02. The van der Waals surface area contributed by atoms with Crippen LogP contribution in [-0.2, 0) is 0 Å². The van der Waals surface area contributed by atoms with Gasteiger partial charge in [-0.25, -0.2) is 4.98 Å². The van der Waals surface area contributed by atoms with Crippen molar-refractivity contribution < 1.29 is 0 Å². The molecular formula is C12H14N4. The van der Waals surface area contributed by atoms with Crippen molar-refractivity contribution in [2.24, 2.45) is 0 Å². The number of rotatable bonds is 2. The van der Waals surface area contributed by atoms with Gasteiger partial charge in [0.15, 0.2) is 0 Å². The van der Waals surface area contributed by atoms with Gasteiger partial charge in [-0.05, 0) is 32.0 Å². The highest BCUT2D eigenvalue weighted by Gasteiger charge is 2.09. The van der Waals surface area contributed by atoms with Gasteiger partial charge in [0.05, 0.1) is 17.1 Å². The zero-order valence-corrected chi connectivity index (χ0v) is 9.65. The molecule has 1 unspecified atom stereocenters. The molecule has 0 radical (unpaired) electrons. The van der Waals surface area contributed by atoms with Gasteiger partial charge in [-0.1, -0.05) is 0 Å². The number of aryl methyl sites for hydroxylation is 1. The molecule has 0 spiro atoms. The third-order valence-electron chi connectivity index (χ3n) is 2.76. The fourth-order valence-electron chi connectivity index (χ4n) is 1.65. The van der Waals surface area contributed by atoms with E-state index >= 15 is 0 Å². The number of imidazole rings is 1. The summed E-state index contributed by atoms with van der Waals surface area (Å²) in [5.41, 5.74) is 2.98. The van der Waals surface area contributed by atoms with Gasteiger partial charge >= 0.3 is 0 Å². The minimum absolute atomic E-state index is 0.138. The van der Waals surface area contributed by atoms with Crippen LogP contribution in [0, 0.1) is 18.3 Å². The number of hydrogen-bond donors (Lipinski definition) is 1. The first kappa shape index (κ1) is 10.5. The van der Waals surface area contributed by atoms with Crippen LogP contribution in [0.15, 0.2) is 18.2 Å². The molecule has 2 aromatic rings. The lowest BCUT2D eigenvalue weighted by Gasteiger charge is -2.21. The Kier molecular flexibility index (Phi) is 2.53. The third kappa shape index (κ3) is 1.72. The molecule has 0 aliphatic carbocycles. The van der Waals surface area contributed by atoms with E-state index in [0.717, 1.165) is 22.5 Å². The lowest BCUT2D eigenvalue weighted by molar-refractivity contribution is 0.836. The number of aromatic nitrogens is 2. The second-order valence-electron chi connectivity index (χ2n) is 3.94. The van der Waals surface area contributed by atoms with Gasteiger partial charge in [0.25, 0.3) is 0 Å². The number of anilines is 1. The fourth-order valence-corrected chi connectivity index (χ4v) is 1.65. The van der Waals surface area contributed by atoms with E-state index in [4.69, 9.17) is 5.26 Å². The minimum atomic E-state index is -0.138. The highest BCUT2D eigenvalue weighted by molar-refractivity contribution is 5.79. The fraction of sp³-hybridized carbons (Fsp3) is 0.333. The predicted octanol–water partition coefficient (Wildman–Crippen LogP) is 2.22. The molecule has 0 aliphatic rings. The molecule has 2 rings (SSSR count). The van der Waals surface area contributed by atoms with E-state index in [2.05, 4.69) is 16.0 Å². The molecule has 82 valence electrons. The van der Waals surface area contributed by atoms with Crippen molar-refractivity contribution in [3.63, 3.8) is 0 Å². The van der Waals surface area contributed by atoms with Crippen LogP contribution in [0.5, 0.6) is 0 Å². The predicted molar refractivity (Wildman–Crippen MR) is 64.3 cm³/mol. The summed E-state index contributed by atoms with van der Waals surface area (Å²) in [5, 5.41) is 8.87. The van der Waals surface area contributed by atoms with E-state index in [9.17, 15) is 0 Å². The Morgan fingerprint density at radius 3 is 2.94 bits per heavy atom. The lowest BCUT2D eigenvalue weighted by atomic mass is 10.2. The van der Waals surface area contributed by atoms with Crippen molar-refractivity contribution in [1.82, 2.24) is 9.97 Å². The van der Waals surface area contributed by atoms with Crippen molar-refractivity contribution in [2.75, 3.05) is 11.9 Å². The van der Waals surface area contributed by atoms with Crippen LogP contribution in [0.25, 0.3) is 11.0 Å². The van der Waals surface area contributed by atoms with E-state index in [0.29, 0.717) is 0 Å². The first-order valence-electron chi connectivity index (χ1n) is 5.20. The van der Waals surface area contributed by atoms with E-state index in [-0.39, 0.29) is 6.04 Å². The molecule has 16 heavy (non-hydrogen) atoms. The van der Waals surface area contributed by atoms with Crippen molar-refractivity contribution in [2.45, 2.75) is 19.9 Å². The summed E-state index contributed by atoms with van der Waals surface area (Å²) in [6.07, 6.45) is 0. The van der Waals surface area contributed by atoms with Crippen LogP contribution in [0.2, 0.25) is 0 Å². The molecule has 4 nitrogen and oxygen atoms in total. The monoisotopic (exact) mass is 214 g/mol. The van der Waals surface area contributed by atoms with Crippen molar-refractivity contribution in [3.05, 3.63) is 24.0 Å². The number of benzene rings is 1. The summed E-state index contributed by atoms with van der Waals surface area (Å²) >= 11 is 0. The van der Waals surface area contributed by atoms with E-state index in [1.54, 1.807) is 0 Å². The molecule has 4 heteroatoms. The molecule has 0 bridgehead atoms. The zero-order chi connectivity index (χ0) is 11.7. The average Bonchev–Trinajstić information content (AvgIpc) is 2.65. The molecule has 1 aromatic heterocycles. The molecule has 0 saturated heterocycles. The molecule has 1 aromatic carbocycles. The number of H-pyrrole nitrogens is 1. The summed E-state index contributed by atoms with van der Waals surface area (Å²) in [5.74, 6) is 0.906. The number of hydrogen-bond acceptors (Lipinski definition) is 3. The Labute approximate surface area is 94.5 Å². The van der Waals surface area contributed by atoms with E-state index in [1.807, 2.05) is 44.0 Å². The number of nitriles is 1. The zero-order valence-electron chi connectivity index (χ0n) is 9.65. The molecule has 0 aliphatic heterocycles. The number of fused-ring (bicyclic) bond motifs is 1. The number of nitrogens with zero attached hydrogens (tertiary/aromatic N) is 3. The van der Waals surface area contributed by atoms with Crippen LogP contribution in [0.3, 0.4) is 0 Å². The second kappa shape index (κ2) is 3.86. The second-order valence-corrected chi connectivity index (χ2v) is 3.94. The van der Waals surface area contributed by atoms with Gasteiger partial charge < -0.3 is 9.88 Å². The molecular weight excluding hydrogens is 200 g/mol. The first-order chi connectivity index (χ1) is 7.61. The topological polar surface area (TPSA) is 55.7 Å². The van der Waals surface area contributed by atoms with Gasteiger partial charge in [-0.3, -0.25) is 0 Å². The highest BCUT2D eigenvalue weighted by atomic mass is 15.1. The van der Waals surface area contributed by atoms with Crippen molar-refractivity contribution >= 4 is 16.7 Å². The molecule has 0 amide bonds. The third-order valence-corrected chi connectivity index (χ3v) is 2.76. The van der Waals surface area contributed by atoms with Crippen molar-refractivity contribution in [1.29, 1.82) is 5.26 Å². The lowest BCUT2D eigenvalue weighted by Crippen LogP contribution is -2.26. The molecule has 0 saturated carbocycles. The Morgan fingerprint density at radius 1 is 1.50 bits per heavy atom. The maximum Gasteiger partial charge on any atom is 0.113 e. The van der Waals surface area contributed by atoms with Gasteiger partial charge in [0.1, 0.15) is 11.9 Å². The van der Waals surface area contributed by atoms with Crippen LogP contribution in [0.4, 0.5) is 5.69 Å². The maximum absolute atomic E-state index is 8.87. The number of aromatic amines is 1. The molecule has 0 fully saturated rings. The van der Waals surface area contributed by atoms with E-state index < -0.39 is 0 Å². The Bertz CT molecular complexity index is 550. The summed E-state index contributed by atoms with van der Waals surface area (Å²) in [4.78, 5) is 9.47. The quantitative estimate of drug-likeness (QED) is 0.833. The SMILES string of the molecule is Cc1nc2ccc(N(C)C(C)C#N)cc2[nH]1. The molecule has 1 N–H and O–H groups in total. The van der Waals surface area contributed by atoms with E-state index in [1.165, 1.54) is 0 Å². The maximum atomic E-state index is 8.87. The van der Waals surface area contributed by atoms with Gasteiger partial charge in [0.2, 0.25) is 0 Å². The van der Waals surface area contributed by atoms with Crippen LogP contribution in [-0.4, -0.2) is 23.1 Å². The largest absolute Gasteiger partial charge is 0.359 e. The van der Waals surface area contributed by atoms with Gasteiger partial charge in [-0.2, -0.15) is 5.26 Å². The highest BCUT2D eigenvalue weighted by Crippen LogP contribution is 2.20. The van der Waals surface area contributed by atoms with Crippen LogP contribution < -0.4 is 4.90 Å². The van der Waals surface area contributed by atoms with Gasteiger partial charge in [-0.15, -0.1) is 0 Å². The Balaban J connectivity index is 2.43. The minimum Gasteiger partial charge on any atom is -0.359 e. The smallest absolute Gasteiger partial charge is 0.113 e.